The summed E-state index contributed by atoms with van der Waals surface area (Å²) < 4.78 is 18.1. The summed E-state index contributed by atoms with van der Waals surface area (Å²) in [4.78, 5) is 12.6. The third-order valence-electron chi connectivity index (χ3n) is 17.9. The molecule has 1 saturated heterocycles. The first-order valence-electron chi connectivity index (χ1n) is 26.5. The fourth-order valence-corrected chi connectivity index (χ4v) is 13.4. The van der Waals surface area contributed by atoms with Crippen molar-refractivity contribution in [3.05, 3.63) is 11.6 Å². The third kappa shape index (κ3) is 13.8. The molecule has 7 nitrogen and oxygen atoms in total. The molecule has 0 aromatic rings. The number of carbonyl (C=O) groups excluding carboxylic acids is 1. The second-order valence-electron chi connectivity index (χ2n) is 22.4. The van der Waals surface area contributed by atoms with Crippen LogP contribution in [0.5, 0.6) is 0 Å². The molecule has 0 radical (unpaired) electrons. The van der Waals surface area contributed by atoms with Crippen molar-refractivity contribution in [3.63, 3.8) is 0 Å². The van der Waals surface area contributed by atoms with Crippen LogP contribution in [0.1, 0.15) is 228 Å². The van der Waals surface area contributed by atoms with Gasteiger partial charge >= 0.3 is 5.97 Å². The number of fused-ring (bicyclic) bond motifs is 5. The lowest BCUT2D eigenvalue weighted by molar-refractivity contribution is -0.313. The van der Waals surface area contributed by atoms with Crippen molar-refractivity contribution >= 4 is 5.97 Å². The number of hydrogen-bond acceptors (Lipinski definition) is 7. The molecule has 14 atom stereocenters. The summed E-state index contributed by atoms with van der Waals surface area (Å²) in [7, 11) is 0. The van der Waals surface area contributed by atoms with E-state index in [-0.39, 0.29) is 24.1 Å². The smallest absolute Gasteiger partial charge is 0.305 e. The Morgan fingerprint density at radius 2 is 1.34 bits per heavy atom. The number of hydrogen-bond donors (Lipinski definition) is 3. The molecule has 1 aliphatic heterocycles. The summed E-state index contributed by atoms with van der Waals surface area (Å²) in [5.74, 6) is 5.17. The fraction of sp³-hybridized carbons (Fsp3) is 0.944. The van der Waals surface area contributed by atoms with E-state index in [1.54, 1.807) is 0 Å². The summed E-state index contributed by atoms with van der Waals surface area (Å²) in [5, 5.41) is 32.6. The van der Waals surface area contributed by atoms with Gasteiger partial charge in [0, 0.05) is 6.42 Å². The van der Waals surface area contributed by atoms with E-state index < -0.39 is 30.7 Å². The molecule has 1 heterocycles. The highest BCUT2D eigenvalue weighted by Crippen LogP contribution is 2.67. The average molecular weight is 857 g/mol. The second-order valence-corrected chi connectivity index (χ2v) is 22.4. The molecule has 2 unspecified atom stereocenters. The highest BCUT2D eigenvalue weighted by molar-refractivity contribution is 5.69. The van der Waals surface area contributed by atoms with Crippen LogP contribution in [0.15, 0.2) is 11.6 Å². The van der Waals surface area contributed by atoms with Crippen LogP contribution in [0.25, 0.3) is 0 Å². The third-order valence-corrected chi connectivity index (χ3v) is 17.9. The van der Waals surface area contributed by atoms with E-state index in [0.717, 1.165) is 80.5 Å². The van der Waals surface area contributed by atoms with Crippen LogP contribution in [0.4, 0.5) is 0 Å². The SMILES string of the molecule is CCCCCCCCCCCCCCCCCCCC(=O)OCC1O[C@@H](O[C@H]2CC[C@@]3(C)C(=CC[C@H]4[C@@H]5CC[C@H]([C@H](C)CC[C@@H](C)C(C)C)[C@@]5(C)CC[C@@H]43)C2)[C@@H](O)C(O)[C@@H]1O. The Morgan fingerprint density at radius 3 is 1.95 bits per heavy atom. The van der Waals surface area contributed by atoms with Gasteiger partial charge in [-0.25, -0.2) is 0 Å². The van der Waals surface area contributed by atoms with E-state index >= 15 is 0 Å². The van der Waals surface area contributed by atoms with Gasteiger partial charge in [-0.3, -0.25) is 4.79 Å². The summed E-state index contributed by atoms with van der Waals surface area (Å²) in [6.07, 6.45) is 30.6. The predicted molar refractivity (Wildman–Crippen MR) is 249 cm³/mol. The molecule has 3 saturated carbocycles. The van der Waals surface area contributed by atoms with E-state index in [2.05, 4.69) is 54.5 Å². The average Bonchev–Trinajstić information content (AvgIpc) is 3.60. The number of rotatable bonds is 27. The number of aliphatic hydroxyl groups excluding tert-OH is 3. The molecular formula is C54H96O7. The first-order valence-corrected chi connectivity index (χ1v) is 26.5. The van der Waals surface area contributed by atoms with Crippen molar-refractivity contribution in [3.8, 4) is 0 Å². The van der Waals surface area contributed by atoms with E-state index in [9.17, 15) is 20.1 Å². The molecule has 0 aromatic carbocycles. The summed E-state index contributed by atoms with van der Waals surface area (Å²) in [6, 6.07) is 0. The maximum absolute atomic E-state index is 12.6. The Balaban J connectivity index is 0.980. The normalized spacial score (nSPS) is 35.9. The van der Waals surface area contributed by atoms with Crippen molar-refractivity contribution in [2.75, 3.05) is 6.61 Å². The van der Waals surface area contributed by atoms with E-state index in [1.165, 1.54) is 134 Å². The number of allylic oxidation sites excluding steroid dienone is 1. The molecule has 0 spiro atoms. The van der Waals surface area contributed by atoms with Crippen LogP contribution in [0.2, 0.25) is 0 Å². The van der Waals surface area contributed by atoms with Crippen molar-refractivity contribution in [1.29, 1.82) is 0 Å². The van der Waals surface area contributed by atoms with Gasteiger partial charge in [0.15, 0.2) is 6.29 Å². The highest BCUT2D eigenvalue weighted by atomic mass is 16.7. The van der Waals surface area contributed by atoms with Gasteiger partial charge in [0.05, 0.1) is 6.10 Å². The number of aliphatic hydroxyl groups is 3. The molecule has 5 rings (SSSR count). The van der Waals surface area contributed by atoms with Crippen LogP contribution in [-0.4, -0.2) is 64.7 Å². The van der Waals surface area contributed by atoms with E-state index in [4.69, 9.17) is 14.2 Å². The quantitative estimate of drug-likeness (QED) is 0.0429. The Hall–Kier alpha value is -0.990. The maximum Gasteiger partial charge on any atom is 0.305 e. The van der Waals surface area contributed by atoms with Crippen LogP contribution >= 0.6 is 0 Å². The minimum absolute atomic E-state index is 0.139. The molecule has 61 heavy (non-hydrogen) atoms. The molecule has 5 aliphatic rings. The van der Waals surface area contributed by atoms with Crippen LogP contribution in [-0.2, 0) is 19.0 Å². The van der Waals surface area contributed by atoms with Crippen molar-refractivity contribution < 1.29 is 34.3 Å². The zero-order valence-corrected chi connectivity index (χ0v) is 40.6. The summed E-state index contributed by atoms with van der Waals surface area (Å²) in [5.41, 5.74) is 2.13. The van der Waals surface area contributed by atoms with Gasteiger partial charge in [-0.1, -0.05) is 176 Å². The van der Waals surface area contributed by atoms with Gasteiger partial charge in [-0.15, -0.1) is 0 Å². The van der Waals surface area contributed by atoms with Gasteiger partial charge in [0.2, 0.25) is 0 Å². The molecule has 4 aliphatic carbocycles. The monoisotopic (exact) mass is 857 g/mol. The van der Waals surface area contributed by atoms with Crippen LogP contribution in [0, 0.1) is 52.3 Å². The Labute approximate surface area is 374 Å². The minimum atomic E-state index is -1.44. The summed E-state index contributed by atoms with van der Waals surface area (Å²) >= 11 is 0. The molecule has 4 fully saturated rings. The topological polar surface area (TPSA) is 105 Å². The van der Waals surface area contributed by atoms with E-state index in [1.807, 2.05) is 0 Å². The van der Waals surface area contributed by atoms with Crippen molar-refractivity contribution in [1.82, 2.24) is 0 Å². The first-order chi connectivity index (χ1) is 29.3. The lowest BCUT2D eigenvalue weighted by atomic mass is 9.47. The van der Waals surface area contributed by atoms with Crippen LogP contribution < -0.4 is 0 Å². The van der Waals surface area contributed by atoms with E-state index in [0.29, 0.717) is 17.8 Å². The van der Waals surface area contributed by atoms with Gasteiger partial charge in [-0.2, -0.15) is 0 Å². The van der Waals surface area contributed by atoms with Crippen molar-refractivity contribution in [2.45, 2.75) is 265 Å². The molecule has 0 amide bonds. The number of unbranched alkanes of at least 4 members (excludes halogenated alkanes) is 16. The standard InChI is InChI=1S/C54H96O7/c1-8-9-10-11-12-13-14-15-16-17-18-19-20-21-22-23-24-25-48(55)59-37-47-49(56)50(57)51(58)52(61-47)60-42-32-34-53(6)41(36-42)28-29-43-45-31-30-44(54(45,7)35-33-46(43)53)40(5)27-26-39(4)38(2)3/h28,38-40,42-47,49-52,56-58H,8-27,29-37H2,1-7H3/t39-,40-,42+,43+,44-,45+,46+,47?,49-,50?,51+,52-,53+,54-/m1/s1. The Morgan fingerprint density at radius 1 is 0.738 bits per heavy atom. The molecule has 7 heteroatoms. The molecular weight excluding hydrogens is 761 g/mol. The number of carbonyl (C=O) groups is 1. The molecule has 0 bridgehead atoms. The lowest BCUT2D eigenvalue weighted by Gasteiger charge is -2.58. The maximum atomic E-state index is 12.6. The highest BCUT2D eigenvalue weighted by Gasteiger charge is 2.59. The Bertz CT molecular complexity index is 1300. The zero-order valence-electron chi connectivity index (χ0n) is 40.6. The molecule has 0 aromatic heterocycles. The summed E-state index contributed by atoms with van der Waals surface area (Å²) in [6.45, 7) is 17.0. The second kappa shape index (κ2) is 25.1. The van der Waals surface area contributed by atoms with Gasteiger partial charge in [0.1, 0.15) is 31.0 Å². The lowest BCUT2D eigenvalue weighted by Crippen LogP contribution is -2.60. The van der Waals surface area contributed by atoms with Gasteiger partial charge in [0.25, 0.3) is 0 Å². The number of ether oxygens (including phenoxy) is 3. The Kier molecular flexibility index (Phi) is 21.0. The fourth-order valence-electron chi connectivity index (χ4n) is 13.4. The first kappa shape index (κ1) is 51.0. The molecule has 354 valence electrons. The minimum Gasteiger partial charge on any atom is -0.463 e. The number of esters is 1. The zero-order chi connectivity index (χ0) is 44.0. The van der Waals surface area contributed by atoms with Gasteiger partial charge < -0.3 is 29.5 Å². The van der Waals surface area contributed by atoms with Gasteiger partial charge in [-0.05, 0) is 110 Å². The predicted octanol–water partition coefficient (Wildman–Crippen LogP) is 13.1. The largest absolute Gasteiger partial charge is 0.463 e. The van der Waals surface area contributed by atoms with Crippen LogP contribution in [0.3, 0.4) is 0 Å². The molecule has 3 N–H and O–H groups in total. The van der Waals surface area contributed by atoms with Crippen molar-refractivity contribution in [2.24, 2.45) is 52.3 Å².